The molecule has 3 aliphatic heterocycles. The predicted octanol–water partition coefficient (Wildman–Crippen LogP) is 2.65. The highest BCUT2D eigenvalue weighted by Gasteiger charge is 2.42. The molecule has 0 aromatic heterocycles. The highest BCUT2D eigenvalue weighted by Crippen LogP contribution is 2.34. The number of piperidine rings is 2. The van der Waals surface area contributed by atoms with E-state index in [0.29, 0.717) is 63.8 Å². The van der Waals surface area contributed by atoms with Crippen molar-refractivity contribution in [2.45, 2.75) is 62.6 Å². The Morgan fingerprint density at radius 3 is 2.61 bits per heavy atom. The van der Waals surface area contributed by atoms with Crippen molar-refractivity contribution in [3.8, 4) is 0 Å². The molecule has 172 valence electrons. The van der Waals surface area contributed by atoms with Gasteiger partial charge in [0.1, 0.15) is 5.82 Å². The summed E-state index contributed by atoms with van der Waals surface area (Å²) in [5, 5.41) is 11.4. The SMILES string of the molecule is COCCN1C(=O)CCC[C@@H]2[C@H]1CCCN2CC1(O)CCN(c2ccccc2F)CC1. The van der Waals surface area contributed by atoms with Crippen LogP contribution >= 0.6 is 0 Å². The van der Waals surface area contributed by atoms with Gasteiger partial charge in [0.2, 0.25) is 5.91 Å². The Labute approximate surface area is 184 Å². The minimum Gasteiger partial charge on any atom is -0.388 e. The number of methoxy groups -OCH3 is 1. The second-order valence-corrected chi connectivity index (χ2v) is 9.38. The fraction of sp³-hybridized carbons (Fsp3) is 0.708. The molecule has 6 nitrogen and oxygen atoms in total. The first-order chi connectivity index (χ1) is 15.0. The highest BCUT2D eigenvalue weighted by molar-refractivity contribution is 5.77. The Morgan fingerprint density at radius 2 is 1.87 bits per heavy atom. The predicted molar refractivity (Wildman–Crippen MR) is 119 cm³/mol. The summed E-state index contributed by atoms with van der Waals surface area (Å²) in [4.78, 5) is 19.2. The number of hydrogen-bond donors (Lipinski definition) is 1. The van der Waals surface area contributed by atoms with Gasteiger partial charge in [-0.3, -0.25) is 9.69 Å². The lowest BCUT2D eigenvalue weighted by atomic mass is 9.86. The lowest BCUT2D eigenvalue weighted by molar-refractivity contribution is -0.136. The van der Waals surface area contributed by atoms with E-state index in [9.17, 15) is 14.3 Å². The Bertz CT molecular complexity index is 753. The number of hydrogen-bond acceptors (Lipinski definition) is 5. The van der Waals surface area contributed by atoms with Crippen LogP contribution in [0.4, 0.5) is 10.1 Å². The Hall–Kier alpha value is -1.70. The molecular weight excluding hydrogens is 397 g/mol. The highest BCUT2D eigenvalue weighted by atomic mass is 19.1. The van der Waals surface area contributed by atoms with Crippen molar-refractivity contribution in [2.75, 3.05) is 51.3 Å². The van der Waals surface area contributed by atoms with Gasteiger partial charge in [-0.25, -0.2) is 4.39 Å². The third kappa shape index (κ3) is 5.04. The van der Waals surface area contributed by atoms with Crippen LogP contribution in [-0.4, -0.2) is 84.9 Å². The van der Waals surface area contributed by atoms with Gasteiger partial charge in [-0.15, -0.1) is 0 Å². The molecule has 0 unspecified atom stereocenters. The summed E-state index contributed by atoms with van der Waals surface area (Å²) in [7, 11) is 1.68. The number of rotatable bonds is 6. The van der Waals surface area contributed by atoms with Crippen LogP contribution in [0.3, 0.4) is 0 Å². The Balaban J connectivity index is 1.41. The molecule has 1 amide bonds. The lowest BCUT2D eigenvalue weighted by Crippen LogP contribution is -2.60. The first-order valence-electron chi connectivity index (χ1n) is 11.7. The van der Waals surface area contributed by atoms with Crippen molar-refractivity contribution in [1.82, 2.24) is 9.80 Å². The van der Waals surface area contributed by atoms with E-state index in [1.165, 1.54) is 6.07 Å². The number of aliphatic hydroxyl groups is 1. The minimum atomic E-state index is -0.767. The molecule has 0 aliphatic carbocycles. The molecule has 0 saturated carbocycles. The maximum atomic E-state index is 14.2. The van der Waals surface area contributed by atoms with Crippen molar-refractivity contribution in [2.24, 2.45) is 0 Å². The van der Waals surface area contributed by atoms with Crippen molar-refractivity contribution >= 4 is 11.6 Å². The summed E-state index contributed by atoms with van der Waals surface area (Å²) in [6.07, 6.45) is 5.82. The van der Waals surface area contributed by atoms with Gasteiger partial charge in [0.05, 0.1) is 17.9 Å². The van der Waals surface area contributed by atoms with Gasteiger partial charge in [0.15, 0.2) is 0 Å². The molecule has 3 saturated heterocycles. The average Bonchev–Trinajstić information content (AvgIpc) is 2.92. The van der Waals surface area contributed by atoms with Crippen molar-refractivity contribution in [1.29, 1.82) is 0 Å². The summed E-state index contributed by atoms with van der Waals surface area (Å²) >= 11 is 0. The number of fused-ring (bicyclic) bond motifs is 1. The summed E-state index contributed by atoms with van der Waals surface area (Å²) in [6.45, 7) is 4.10. The maximum absolute atomic E-state index is 14.2. The van der Waals surface area contributed by atoms with Crippen molar-refractivity contribution in [3.63, 3.8) is 0 Å². The number of carbonyl (C=O) groups excluding carboxylic acids is 1. The number of para-hydroxylation sites is 1. The molecule has 1 aromatic rings. The molecule has 0 radical (unpaired) electrons. The van der Waals surface area contributed by atoms with E-state index in [0.717, 1.165) is 32.2 Å². The smallest absolute Gasteiger partial charge is 0.222 e. The molecule has 3 heterocycles. The number of ether oxygens (including phenoxy) is 1. The summed E-state index contributed by atoms with van der Waals surface area (Å²) < 4.78 is 19.4. The normalized spacial score (nSPS) is 27.1. The van der Waals surface area contributed by atoms with Crippen LogP contribution in [0.2, 0.25) is 0 Å². The Kier molecular flexibility index (Phi) is 7.14. The van der Waals surface area contributed by atoms with Gasteiger partial charge < -0.3 is 19.6 Å². The third-order valence-corrected chi connectivity index (χ3v) is 7.39. The topological polar surface area (TPSA) is 56.3 Å². The van der Waals surface area contributed by atoms with Gasteiger partial charge in [-0.05, 0) is 57.2 Å². The molecule has 0 spiro atoms. The van der Waals surface area contributed by atoms with Crippen molar-refractivity contribution in [3.05, 3.63) is 30.1 Å². The second kappa shape index (κ2) is 9.84. The monoisotopic (exact) mass is 433 g/mol. The van der Waals surface area contributed by atoms with E-state index in [4.69, 9.17) is 4.74 Å². The molecular formula is C24H36FN3O3. The number of likely N-dealkylation sites (tertiary alicyclic amines) is 2. The second-order valence-electron chi connectivity index (χ2n) is 9.38. The Morgan fingerprint density at radius 1 is 1.13 bits per heavy atom. The van der Waals surface area contributed by atoms with Gasteiger partial charge >= 0.3 is 0 Å². The quantitative estimate of drug-likeness (QED) is 0.748. The number of benzene rings is 1. The van der Waals surface area contributed by atoms with Crippen LogP contribution in [-0.2, 0) is 9.53 Å². The van der Waals surface area contributed by atoms with Crippen LogP contribution in [0.1, 0.15) is 44.9 Å². The number of β-amino-alcohol motifs (C(OH)–C–C–N with tert-alkyl or cyclic N) is 1. The zero-order chi connectivity index (χ0) is 21.8. The fourth-order valence-corrected chi connectivity index (χ4v) is 5.72. The van der Waals surface area contributed by atoms with Crippen LogP contribution in [0.5, 0.6) is 0 Å². The van der Waals surface area contributed by atoms with E-state index in [1.54, 1.807) is 13.2 Å². The zero-order valence-electron chi connectivity index (χ0n) is 18.6. The van der Waals surface area contributed by atoms with Gasteiger partial charge in [0, 0.05) is 51.8 Å². The van der Waals surface area contributed by atoms with Crippen LogP contribution in [0.25, 0.3) is 0 Å². The van der Waals surface area contributed by atoms with Crippen molar-refractivity contribution < 1.29 is 19.0 Å². The summed E-state index contributed by atoms with van der Waals surface area (Å²) in [5.41, 5.74) is -0.143. The van der Waals surface area contributed by atoms with E-state index >= 15 is 0 Å². The van der Waals surface area contributed by atoms with Gasteiger partial charge in [0.25, 0.3) is 0 Å². The number of nitrogens with zero attached hydrogens (tertiary/aromatic N) is 3. The van der Waals surface area contributed by atoms with Crippen LogP contribution in [0.15, 0.2) is 24.3 Å². The fourth-order valence-electron chi connectivity index (χ4n) is 5.72. The number of anilines is 1. The number of halogens is 1. The molecule has 1 N–H and O–H groups in total. The van der Waals surface area contributed by atoms with E-state index < -0.39 is 5.60 Å². The van der Waals surface area contributed by atoms with Gasteiger partial charge in [-0.2, -0.15) is 0 Å². The number of carbonyl (C=O) groups is 1. The number of amides is 1. The lowest BCUT2D eigenvalue weighted by Gasteiger charge is -2.49. The molecule has 1 aromatic carbocycles. The molecule has 2 atom stereocenters. The minimum absolute atomic E-state index is 0.203. The van der Waals surface area contributed by atoms with E-state index in [1.807, 2.05) is 21.9 Å². The molecule has 31 heavy (non-hydrogen) atoms. The first kappa shape index (κ1) is 22.5. The summed E-state index contributed by atoms with van der Waals surface area (Å²) in [5.74, 6) is 0.0365. The zero-order valence-corrected chi connectivity index (χ0v) is 18.6. The molecule has 0 bridgehead atoms. The van der Waals surface area contributed by atoms with Gasteiger partial charge in [-0.1, -0.05) is 12.1 Å². The summed E-state index contributed by atoms with van der Waals surface area (Å²) in [6, 6.07) is 7.38. The van der Waals surface area contributed by atoms with Crippen LogP contribution in [0, 0.1) is 5.82 Å². The standard InChI is InChI=1S/C24H36FN3O3/c1-31-17-16-28-22-9-5-13-27(21(22)8-4-10-23(28)29)18-24(30)11-14-26(15-12-24)20-7-3-2-6-19(20)25/h2-3,6-7,21-22,30H,4-5,8-18H2,1H3/t21-,22-/m1/s1. The molecule has 3 fully saturated rings. The average molecular weight is 434 g/mol. The third-order valence-electron chi connectivity index (χ3n) is 7.39. The van der Waals surface area contributed by atoms with E-state index in [-0.39, 0.29) is 17.8 Å². The molecule has 7 heteroatoms. The molecule has 4 rings (SSSR count). The maximum Gasteiger partial charge on any atom is 0.222 e. The first-order valence-corrected chi connectivity index (χ1v) is 11.7. The largest absolute Gasteiger partial charge is 0.388 e. The van der Waals surface area contributed by atoms with Crippen LogP contribution < -0.4 is 4.90 Å². The molecule has 3 aliphatic rings. The van der Waals surface area contributed by atoms with E-state index in [2.05, 4.69) is 4.90 Å².